The van der Waals surface area contributed by atoms with Gasteiger partial charge < -0.3 is 5.73 Å². The number of nitrogens with zero attached hydrogens (tertiary/aromatic N) is 2. The fourth-order valence-electron chi connectivity index (χ4n) is 4.51. The maximum Gasteiger partial charge on any atom is 0.416 e. The number of hydrogen-bond acceptors (Lipinski definition) is 4. The molecular formula is C19H23F3N4O3S. The van der Waals surface area contributed by atoms with Crippen LogP contribution in [0.3, 0.4) is 0 Å². The fraction of sp³-hybridized carbons (Fsp3) is 0.579. The third-order valence-corrected chi connectivity index (χ3v) is 7.92. The van der Waals surface area contributed by atoms with Gasteiger partial charge in [-0.2, -0.15) is 31.2 Å². The van der Waals surface area contributed by atoms with E-state index in [2.05, 4.69) is 10.8 Å². The molecule has 1 aromatic rings. The second-order valence-corrected chi connectivity index (χ2v) is 10.3. The predicted molar refractivity (Wildman–Crippen MR) is 104 cm³/mol. The summed E-state index contributed by atoms with van der Waals surface area (Å²) in [5.41, 5.74) is 2.42. The lowest BCUT2D eigenvalue weighted by atomic mass is 9.52. The Kier molecular flexibility index (Phi) is 5.31. The first-order chi connectivity index (χ1) is 13.8. The smallest absolute Gasteiger partial charge is 0.366 e. The molecule has 3 aliphatic carbocycles. The molecule has 3 fully saturated rings. The molecule has 0 heterocycles. The summed E-state index contributed by atoms with van der Waals surface area (Å²) >= 11 is 0. The summed E-state index contributed by atoms with van der Waals surface area (Å²) in [6.45, 7) is 0. The van der Waals surface area contributed by atoms with E-state index in [1.807, 2.05) is 0 Å². The van der Waals surface area contributed by atoms with Crippen LogP contribution >= 0.6 is 0 Å². The molecule has 3 aliphatic rings. The van der Waals surface area contributed by atoms with Gasteiger partial charge in [0.25, 0.3) is 5.91 Å². The normalized spacial score (nSPS) is 26.4. The molecule has 7 nitrogen and oxygen atoms in total. The number of carbonyl (C=O) groups is 1. The van der Waals surface area contributed by atoms with E-state index in [9.17, 15) is 31.6 Å². The van der Waals surface area contributed by atoms with Gasteiger partial charge in [-0.15, -0.1) is 0 Å². The second-order valence-electron chi connectivity index (χ2n) is 8.37. The molecule has 3 N–H and O–H groups in total. The van der Waals surface area contributed by atoms with Gasteiger partial charge in [-0.25, -0.2) is 0 Å². The number of nitrogens with one attached hydrogen (secondary N) is 1. The molecule has 164 valence electrons. The van der Waals surface area contributed by atoms with Crippen LogP contribution in [-0.2, 0) is 21.8 Å². The molecule has 1 amide bonds. The minimum Gasteiger partial charge on any atom is -0.366 e. The van der Waals surface area contributed by atoms with Crippen molar-refractivity contribution in [2.75, 3.05) is 18.8 Å². The number of carbonyl (C=O) groups excluding carboxylic acids is 1. The standard InChI is InChI=1S/C19H23F3N4O3S/c1-26(2)30(28,29)25-15-13(16(24)27)9-12(19(20,21)22)10-14(15)18-6-3-17(11-23,4-7-18)5-8-18/h9-10,25H,3-8H2,1-2H3,(H2,24,27). The van der Waals surface area contributed by atoms with Gasteiger partial charge in [0.1, 0.15) is 0 Å². The van der Waals surface area contributed by atoms with Crippen molar-refractivity contribution in [3.63, 3.8) is 0 Å². The third kappa shape index (κ3) is 3.74. The lowest BCUT2D eigenvalue weighted by Gasteiger charge is -2.51. The Balaban J connectivity index is 2.25. The monoisotopic (exact) mass is 444 g/mol. The van der Waals surface area contributed by atoms with E-state index in [1.54, 1.807) is 0 Å². The fourth-order valence-corrected chi connectivity index (χ4v) is 5.17. The number of nitriles is 1. The highest BCUT2D eigenvalue weighted by Crippen LogP contribution is 2.59. The number of hydrogen-bond donors (Lipinski definition) is 2. The van der Waals surface area contributed by atoms with Crippen LogP contribution in [0.1, 0.15) is 60.0 Å². The summed E-state index contributed by atoms with van der Waals surface area (Å²) in [5, 5.41) is 9.50. The van der Waals surface area contributed by atoms with E-state index in [0.717, 1.165) is 10.4 Å². The number of amides is 1. The van der Waals surface area contributed by atoms with Crippen molar-refractivity contribution in [2.45, 2.75) is 50.1 Å². The Morgan fingerprint density at radius 2 is 1.70 bits per heavy atom. The number of halogens is 3. The quantitative estimate of drug-likeness (QED) is 0.726. The van der Waals surface area contributed by atoms with Crippen LogP contribution in [0.25, 0.3) is 0 Å². The number of fused-ring (bicyclic) bond motifs is 3. The van der Waals surface area contributed by atoms with Crippen LogP contribution in [0.4, 0.5) is 18.9 Å². The number of rotatable bonds is 5. The molecule has 1 aromatic carbocycles. The van der Waals surface area contributed by atoms with Gasteiger partial charge in [0.15, 0.2) is 0 Å². The highest BCUT2D eigenvalue weighted by atomic mass is 32.2. The molecule has 4 rings (SSSR count). The molecule has 0 atom stereocenters. The largest absolute Gasteiger partial charge is 0.416 e. The Morgan fingerprint density at radius 1 is 1.17 bits per heavy atom. The predicted octanol–water partition coefficient (Wildman–Crippen LogP) is 3.14. The molecule has 11 heteroatoms. The highest BCUT2D eigenvalue weighted by Gasteiger charge is 2.51. The summed E-state index contributed by atoms with van der Waals surface area (Å²) in [5.74, 6) is -1.16. The van der Waals surface area contributed by atoms with Crippen molar-refractivity contribution in [3.05, 3.63) is 28.8 Å². The van der Waals surface area contributed by atoms with Crippen molar-refractivity contribution in [1.82, 2.24) is 4.31 Å². The molecule has 0 saturated heterocycles. The zero-order valence-electron chi connectivity index (χ0n) is 16.6. The average Bonchev–Trinajstić information content (AvgIpc) is 2.68. The SMILES string of the molecule is CN(C)S(=O)(=O)Nc1c(C(N)=O)cc(C(F)(F)F)cc1C12CCC(C#N)(CC1)CC2. The highest BCUT2D eigenvalue weighted by molar-refractivity contribution is 7.90. The molecule has 30 heavy (non-hydrogen) atoms. The average molecular weight is 444 g/mol. The molecule has 2 bridgehead atoms. The van der Waals surface area contributed by atoms with E-state index < -0.39 is 44.2 Å². The van der Waals surface area contributed by atoms with Crippen molar-refractivity contribution in [3.8, 4) is 6.07 Å². The number of nitrogens with two attached hydrogens (primary N) is 1. The van der Waals surface area contributed by atoms with Gasteiger partial charge in [-0.05, 0) is 61.6 Å². The molecule has 0 aromatic heterocycles. The molecule has 0 unspecified atom stereocenters. The van der Waals surface area contributed by atoms with Crippen molar-refractivity contribution in [2.24, 2.45) is 11.1 Å². The van der Waals surface area contributed by atoms with E-state index >= 15 is 0 Å². The van der Waals surface area contributed by atoms with Crippen LogP contribution < -0.4 is 10.5 Å². The topological polar surface area (TPSA) is 116 Å². The van der Waals surface area contributed by atoms with Crippen LogP contribution in [0, 0.1) is 16.7 Å². The lowest BCUT2D eigenvalue weighted by molar-refractivity contribution is -0.137. The van der Waals surface area contributed by atoms with Crippen molar-refractivity contribution < 1.29 is 26.4 Å². The van der Waals surface area contributed by atoms with Crippen LogP contribution in [-0.4, -0.2) is 32.7 Å². The number of benzene rings is 1. The van der Waals surface area contributed by atoms with Crippen molar-refractivity contribution in [1.29, 1.82) is 5.26 Å². The van der Waals surface area contributed by atoms with Crippen LogP contribution in [0.15, 0.2) is 12.1 Å². The molecule has 0 radical (unpaired) electrons. The Labute approximate surface area is 173 Å². The Hall–Kier alpha value is -2.32. The van der Waals surface area contributed by atoms with Gasteiger partial charge in [-0.3, -0.25) is 9.52 Å². The van der Waals surface area contributed by atoms with Crippen molar-refractivity contribution >= 4 is 21.8 Å². The van der Waals surface area contributed by atoms with E-state index in [4.69, 9.17) is 5.73 Å². The first-order valence-corrected chi connectivity index (χ1v) is 10.9. The maximum absolute atomic E-state index is 13.6. The minimum absolute atomic E-state index is 0.114. The molecule has 0 aliphatic heterocycles. The maximum atomic E-state index is 13.6. The van der Waals surface area contributed by atoms with Gasteiger partial charge >= 0.3 is 16.4 Å². The zero-order chi connectivity index (χ0) is 22.5. The molecule has 3 saturated carbocycles. The van der Waals surface area contributed by atoms with E-state index in [1.165, 1.54) is 14.1 Å². The van der Waals surface area contributed by atoms with Gasteiger partial charge in [0.05, 0.1) is 28.3 Å². The molecular weight excluding hydrogens is 421 g/mol. The summed E-state index contributed by atoms with van der Waals surface area (Å²) in [6.07, 6.45) is -1.94. The van der Waals surface area contributed by atoms with Gasteiger partial charge in [0, 0.05) is 14.1 Å². The van der Waals surface area contributed by atoms with E-state index in [0.29, 0.717) is 44.6 Å². The van der Waals surface area contributed by atoms with Crippen LogP contribution in [0.2, 0.25) is 0 Å². The first kappa shape index (κ1) is 22.4. The zero-order valence-corrected chi connectivity index (χ0v) is 17.5. The minimum atomic E-state index is -4.74. The summed E-state index contributed by atoms with van der Waals surface area (Å²) in [6, 6.07) is 3.84. The number of anilines is 1. The number of primary amides is 1. The van der Waals surface area contributed by atoms with Crippen LogP contribution in [0.5, 0.6) is 0 Å². The summed E-state index contributed by atoms with van der Waals surface area (Å²) in [7, 11) is -1.59. The third-order valence-electron chi connectivity index (χ3n) is 6.50. The van der Waals surface area contributed by atoms with Gasteiger partial charge in [0.2, 0.25) is 0 Å². The second kappa shape index (κ2) is 7.13. The number of alkyl halides is 3. The lowest BCUT2D eigenvalue weighted by Crippen LogP contribution is -2.44. The van der Waals surface area contributed by atoms with E-state index in [-0.39, 0.29) is 11.3 Å². The van der Waals surface area contributed by atoms with Gasteiger partial charge in [-0.1, -0.05) is 0 Å². The summed E-state index contributed by atoms with van der Waals surface area (Å²) < 4.78 is 68.9. The first-order valence-electron chi connectivity index (χ1n) is 9.42. The summed E-state index contributed by atoms with van der Waals surface area (Å²) in [4.78, 5) is 12.1. The Morgan fingerprint density at radius 3 is 2.10 bits per heavy atom. The Bertz CT molecular complexity index is 1000. The molecule has 0 spiro atoms.